The van der Waals surface area contributed by atoms with Crippen molar-refractivity contribution in [2.45, 2.75) is 62.9 Å². The zero-order valence-electron chi connectivity index (χ0n) is 23.1. The van der Waals surface area contributed by atoms with Crippen molar-refractivity contribution in [2.75, 3.05) is 18.6 Å². The predicted molar refractivity (Wildman–Crippen MR) is 158 cm³/mol. The Bertz CT molecular complexity index is 1220. The number of carbonyl (C=O) groups excluding carboxylic acids is 3. The lowest BCUT2D eigenvalue weighted by Crippen LogP contribution is -2.58. The Labute approximate surface area is 242 Å². The second-order valence-electron chi connectivity index (χ2n) is 9.58. The highest BCUT2D eigenvalue weighted by Gasteiger charge is 2.31. The molecule has 15 heteroatoms. The first-order valence-electron chi connectivity index (χ1n) is 13.1. The van der Waals surface area contributed by atoms with E-state index >= 15 is 0 Å². The molecule has 2 rings (SSSR count). The molecule has 0 saturated heterocycles. The summed E-state index contributed by atoms with van der Waals surface area (Å²) in [4.78, 5) is 58.1. The summed E-state index contributed by atoms with van der Waals surface area (Å²) in [6, 6.07) is 2.71. The number of rotatable bonds is 17. The van der Waals surface area contributed by atoms with E-state index in [0.29, 0.717) is 12.2 Å². The van der Waals surface area contributed by atoms with Crippen molar-refractivity contribution in [3.63, 3.8) is 0 Å². The molecule has 0 aliphatic carbocycles. The molecule has 14 nitrogen and oxygen atoms in total. The average molecular weight is 593 g/mol. The van der Waals surface area contributed by atoms with E-state index in [4.69, 9.17) is 17.2 Å². The number of H-pyrrole nitrogens is 1. The van der Waals surface area contributed by atoms with Gasteiger partial charge in [0.1, 0.15) is 24.2 Å². The smallest absolute Gasteiger partial charge is 0.326 e. The molecule has 3 amide bonds. The highest BCUT2D eigenvalue weighted by atomic mass is 32.2. The van der Waals surface area contributed by atoms with Gasteiger partial charge in [-0.3, -0.25) is 19.4 Å². The molecule has 0 aliphatic heterocycles. The molecule has 1 aromatic heterocycles. The van der Waals surface area contributed by atoms with Gasteiger partial charge < -0.3 is 48.3 Å². The number of aromatic nitrogens is 1. The number of aliphatic hydroxyl groups excluding tert-OH is 1. The molecule has 5 atom stereocenters. The molecule has 2 aromatic rings. The van der Waals surface area contributed by atoms with Crippen molar-refractivity contribution in [1.82, 2.24) is 20.9 Å². The van der Waals surface area contributed by atoms with Crippen molar-refractivity contribution in [3.8, 4) is 0 Å². The summed E-state index contributed by atoms with van der Waals surface area (Å²) in [6.45, 7) is 1.55. The first-order valence-corrected chi connectivity index (χ1v) is 14.5. The number of aliphatic carboxylic acids is 1. The highest BCUT2D eigenvalue weighted by molar-refractivity contribution is 7.98. The van der Waals surface area contributed by atoms with Crippen LogP contribution in [0.1, 0.15) is 31.7 Å². The van der Waals surface area contributed by atoms with Crippen LogP contribution in [-0.2, 0) is 25.6 Å². The van der Waals surface area contributed by atoms with Gasteiger partial charge in [0.25, 0.3) is 0 Å². The Balaban J connectivity index is 2.24. The lowest BCUT2D eigenvalue weighted by molar-refractivity contribution is -0.142. The molecule has 0 saturated carbocycles. The molecule has 226 valence electrons. The van der Waals surface area contributed by atoms with Gasteiger partial charge in [-0.2, -0.15) is 11.8 Å². The van der Waals surface area contributed by atoms with Crippen molar-refractivity contribution in [2.24, 2.45) is 22.2 Å². The third-order valence-corrected chi connectivity index (χ3v) is 7.00. The minimum atomic E-state index is -1.28. The number of benzene rings is 1. The lowest BCUT2D eigenvalue weighted by atomic mass is 10.0. The van der Waals surface area contributed by atoms with Crippen LogP contribution in [0, 0.1) is 0 Å². The molecule has 0 radical (unpaired) electrons. The number of fused-ring (bicyclic) bond motifs is 1. The van der Waals surface area contributed by atoms with Crippen LogP contribution in [0.4, 0.5) is 0 Å². The minimum absolute atomic E-state index is 0.0630. The maximum absolute atomic E-state index is 13.5. The van der Waals surface area contributed by atoms with E-state index in [0.717, 1.165) is 16.5 Å². The average Bonchev–Trinajstić information content (AvgIpc) is 3.33. The maximum atomic E-state index is 13.5. The molecule has 1 aromatic carbocycles. The summed E-state index contributed by atoms with van der Waals surface area (Å²) in [5, 5.41) is 28.0. The number of guanidine groups is 1. The van der Waals surface area contributed by atoms with Crippen molar-refractivity contribution in [3.05, 3.63) is 36.0 Å². The number of carboxylic acid groups (broad SMARTS) is 1. The SMILES string of the molecule is CSCCC(NC(=O)C(Cc1c[nH]c2ccccc12)NC(=O)C(N)C(C)O)C(=O)NC(CCCN=C(N)N)C(=O)O. The molecule has 0 fully saturated rings. The number of nitrogens with zero attached hydrogens (tertiary/aromatic N) is 1. The topological polar surface area (TPSA) is 251 Å². The van der Waals surface area contributed by atoms with Crippen LogP contribution in [0.3, 0.4) is 0 Å². The van der Waals surface area contributed by atoms with Gasteiger partial charge in [0, 0.05) is 30.1 Å². The van der Waals surface area contributed by atoms with Crippen molar-refractivity contribution in [1.29, 1.82) is 0 Å². The fourth-order valence-electron chi connectivity index (χ4n) is 4.03. The van der Waals surface area contributed by atoms with Crippen LogP contribution in [0.15, 0.2) is 35.5 Å². The lowest BCUT2D eigenvalue weighted by Gasteiger charge is -2.25. The van der Waals surface area contributed by atoms with Gasteiger partial charge in [0.15, 0.2) is 5.96 Å². The Kier molecular flexibility index (Phi) is 13.4. The van der Waals surface area contributed by atoms with Crippen LogP contribution in [0.5, 0.6) is 0 Å². The van der Waals surface area contributed by atoms with Gasteiger partial charge in [0.05, 0.1) is 6.10 Å². The van der Waals surface area contributed by atoms with Crippen molar-refractivity contribution >= 4 is 52.3 Å². The Morgan fingerprint density at radius 1 is 1.00 bits per heavy atom. The second-order valence-corrected chi connectivity index (χ2v) is 10.6. The van der Waals surface area contributed by atoms with E-state index in [9.17, 15) is 29.4 Å². The van der Waals surface area contributed by atoms with Gasteiger partial charge >= 0.3 is 5.97 Å². The minimum Gasteiger partial charge on any atom is -0.480 e. The van der Waals surface area contributed by atoms with Crippen LogP contribution >= 0.6 is 11.8 Å². The van der Waals surface area contributed by atoms with Gasteiger partial charge in [-0.1, -0.05) is 18.2 Å². The van der Waals surface area contributed by atoms with Crippen LogP contribution in [0.2, 0.25) is 0 Å². The molecule has 0 spiro atoms. The number of amides is 3. The zero-order valence-corrected chi connectivity index (χ0v) is 23.9. The Morgan fingerprint density at radius 2 is 1.63 bits per heavy atom. The number of carboxylic acids is 1. The summed E-state index contributed by atoms with van der Waals surface area (Å²) in [5.41, 5.74) is 18.0. The summed E-state index contributed by atoms with van der Waals surface area (Å²) in [6.07, 6.45) is 3.04. The summed E-state index contributed by atoms with van der Waals surface area (Å²) < 4.78 is 0. The van der Waals surface area contributed by atoms with E-state index in [-0.39, 0.29) is 31.8 Å². The normalized spacial score (nSPS) is 14.7. The number of para-hydroxylation sites is 1. The van der Waals surface area contributed by atoms with E-state index in [1.165, 1.54) is 18.7 Å². The van der Waals surface area contributed by atoms with Crippen LogP contribution in [0.25, 0.3) is 10.9 Å². The highest BCUT2D eigenvalue weighted by Crippen LogP contribution is 2.19. The fourth-order valence-corrected chi connectivity index (χ4v) is 4.50. The van der Waals surface area contributed by atoms with Gasteiger partial charge in [0.2, 0.25) is 17.7 Å². The quantitative estimate of drug-likeness (QED) is 0.0600. The third-order valence-electron chi connectivity index (χ3n) is 6.36. The molecule has 12 N–H and O–H groups in total. The second kappa shape index (κ2) is 16.4. The number of aromatic amines is 1. The number of hydrogen-bond acceptors (Lipinski definition) is 8. The van der Waals surface area contributed by atoms with E-state index in [1.54, 1.807) is 6.20 Å². The molecular weight excluding hydrogens is 552 g/mol. The summed E-state index contributed by atoms with van der Waals surface area (Å²) >= 11 is 1.45. The first kappa shape index (κ1) is 33.4. The largest absolute Gasteiger partial charge is 0.480 e. The van der Waals surface area contributed by atoms with Gasteiger partial charge in [-0.05, 0) is 49.8 Å². The number of aliphatic hydroxyl groups is 1. The van der Waals surface area contributed by atoms with Crippen LogP contribution < -0.4 is 33.2 Å². The van der Waals surface area contributed by atoms with Gasteiger partial charge in [-0.15, -0.1) is 0 Å². The summed E-state index contributed by atoms with van der Waals surface area (Å²) in [5.74, 6) is -2.95. The van der Waals surface area contributed by atoms with E-state index in [2.05, 4.69) is 25.9 Å². The first-order chi connectivity index (χ1) is 19.4. The molecule has 41 heavy (non-hydrogen) atoms. The number of nitrogens with two attached hydrogens (primary N) is 3. The molecule has 5 unspecified atom stereocenters. The third kappa shape index (κ3) is 10.6. The fraction of sp³-hybridized carbons (Fsp3) is 0.500. The standard InChI is InChI=1S/C26H40N8O6S/c1-14(35)21(27)24(38)34-20(12-15-13-31-17-7-4-3-6-16(15)17)23(37)32-18(9-11-41-2)22(36)33-19(25(39)40)8-5-10-30-26(28)29/h3-4,6-7,13-14,18-21,31,35H,5,8-12,27H2,1-2H3,(H,32,37)(H,33,36)(H,34,38)(H,39,40)(H4,28,29,30). The van der Waals surface area contributed by atoms with E-state index in [1.807, 2.05) is 30.5 Å². The number of aliphatic imine (C=N–C) groups is 1. The Morgan fingerprint density at radius 3 is 2.27 bits per heavy atom. The predicted octanol–water partition coefficient (Wildman–Crippen LogP) is -1.24. The van der Waals surface area contributed by atoms with Crippen LogP contribution in [-0.4, -0.2) is 93.7 Å². The molecule has 0 aliphatic rings. The molecule has 0 bridgehead atoms. The number of thioether (sulfide) groups is 1. The molecular formula is C26H40N8O6S. The zero-order chi connectivity index (χ0) is 30.5. The van der Waals surface area contributed by atoms with Crippen molar-refractivity contribution < 1.29 is 29.4 Å². The Hall–Kier alpha value is -3.82. The number of carbonyl (C=O) groups is 4. The summed E-state index contributed by atoms with van der Waals surface area (Å²) in [7, 11) is 0. The number of nitrogens with one attached hydrogen (secondary N) is 4. The number of hydrogen-bond donors (Lipinski definition) is 9. The maximum Gasteiger partial charge on any atom is 0.326 e. The van der Waals surface area contributed by atoms with Gasteiger partial charge in [-0.25, -0.2) is 4.79 Å². The monoisotopic (exact) mass is 592 g/mol. The molecule has 1 heterocycles. The van der Waals surface area contributed by atoms with E-state index < -0.39 is 54.0 Å².